The molecule has 1 aliphatic rings. The second-order valence-electron chi connectivity index (χ2n) is 6.67. The fourth-order valence-electron chi connectivity index (χ4n) is 3.37. The third-order valence-electron chi connectivity index (χ3n) is 4.82. The van der Waals surface area contributed by atoms with Crippen LogP contribution in [0.4, 0.5) is 0 Å². The first kappa shape index (κ1) is 17.6. The molecule has 0 saturated carbocycles. The van der Waals surface area contributed by atoms with Gasteiger partial charge >= 0.3 is 0 Å². The van der Waals surface area contributed by atoms with Crippen LogP contribution in [0.15, 0.2) is 30.3 Å². The van der Waals surface area contributed by atoms with E-state index in [-0.39, 0.29) is 5.92 Å². The van der Waals surface area contributed by atoms with Crippen molar-refractivity contribution in [2.45, 2.75) is 31.6 Å². The van der Waals surface area contributed by atoms with Crippen LogP contribution in [0.3, 0.4) is 0 Å². The standard InChI is InChI=1S/C17H21N5O2S2/c1-26(23,24)21-11-9-14(10-12-21)16-18-19-17-22(16)20-15(25-17)8-7-13-5-3-2-4-6-13/h2-6,14H,7-12H2,1H3. The molecular weight excluding hydrogens is 370 g/mol. The Morgan fingerprint density at radius 1 is 1.12 bits per heavy atom. The lowest BCUT2D eigenvalue weighted by Gasteiger charge is -2.28. The molecule has 0 N–H and O–H groups in total. The van der Waals surface area contributed by atoms with Crippen LogP contribution in [-0.2, 0) is 22.9 Å². The number of hydrogen-bond acceptors (Lipinski definition) is 6. The van der Waals surface area contributed by atoms with Crippen molar-refractivity contribution < 1.29 is 8.42 Å². The molecule has 1 saturated heterocycles. The van der Waals surface area contributed by atoms with E-state index in [1.807, 2.05) is 10.6 Å². The number of benzene rings is 1. The van der Waals surface area contributed by atoms with Crippen molar-refractivity contribution in [1.29, 1.82) is 0 Å². The van der Waals surface area contributed by atoms with E-state index in [2.05, 4.69) is 34.5 Å². The predicted octanol–water partition coefficient (Wildman–Crippen LogP) is 2.11. The molecule has 0 spiro atoms. The molecule has 26 heavy (non-hydrogen) atoms. The molecule has 0 radical (unpaired) electrons. The van der Waals surface area contributed by atoms with Crippen molar-refractivity contribution in [2.75, 3.05) is 19.3 Å². The Balaban J connectivity index is 1.47. The fraction of sp³-hybridized carbons (Fsp3) is 0.471. The highest BCUT2D eigenvalue weighted by Crippen LogP contribution is 2.29. The van der Waals surface area contributed by atoms with E-state index in [0.717, 1.165) is 41.5 Å². The van der Waals surface area contributed by atoms with Gasteiger partial charge in [0.2, 0.25) is 15.0 Å². The predicted molar refractivity (Wildman–Crippen MR) is 101 cm³/mol. The summed E-state index contributed by atoms with van der Waals surface area (Å²) >= 11 is 1.58. The minimum absolute atomic E-state index is 0.201. The van der Waals surface area contributed by atoms with Crippen molar-refractivity contribution in [2.24, 2.45) is 0 Å². The molecule has 0 bridgehead atoms. The van der Waals surface area contributed by atoms with Crippen LogP contribution in [0.5, 0.6) is 0 Å². The lowest BCUT2D eigenvalue weighted by atomic mass is 9.97. The summed E-state index contributed by atoms with van der Waals surface area (Å²) in [7, 11) is -3.11. The lowest BCUT2D eigenvalue weighted by molar-refractivity contribution is 0.313. The Hall–Kier alpha value is -1.84. The summed E-state index contributed by atoms with van der Waals surface area (Å²) in [6.45, 7) is 1.06. The van der Waals surface area contributed by atoms with Crippen LogP contribution in [0, 0.1) is 0 Å². The van der Waals surface area contributed by atoms with E-state index >= 15 is 0 Å². The maximum Gasteiger partial charge on any atom is 0.234 e. The Kier molecular flexibility index (Phi) is 4.76. The van der Waals surface area contributed by atoms with Crippen LogP contribution in [-0.4, -0.2) is 51.9 Å². The molecule has 1 aromatic carbocycles. The van der Waals surface area contributed by atoms with Gasteiger partial charge in [0.15, 0.2) is 5.82 Å². The first-order chi connectivity index (χ1) is 12.5. The number of sulfonamides is 1. The first-order valence-corrected chi connectivity index (χ1v) is 11.4. The topological polar surface area (TPSA) is 80.5 Å². The van der Waals surface area contributed by atoms with Gasteiger partial charge in [0.25, 0.3) is 0 Å². The van der Waals surface area contributed by atoms with E-state index in [1.54, 1.807) is 11.3 Å². The molecule has 7 nitrogen and oxygen atoms in total. The van der Waals surface area contributed by atoms with Crippen molar-refractivity contribution in [3.05, 3.63) is 46.7 Å². The highest BCUT2D eigenvalue weighted by Gasteiger charge is 2.29. The van der Waals surface area contributed by atoms with Gasteiger partial charge in [-0.1, -0.05) is 41.7 Å². The highest BCUT2D eigenvalue weighted by molar-refractivity contribution is 7.88. The molecule has 1 fully saturated rings. The number of nitrogens with zero attached hydrogens (tertiary/aromatic N) is 5. The Bertz CT molecular complexity index is 989. The third-order valence-corrected chi connectivity index (χ3v) is 7.08. The van der Waals surface area contributed by atoms with E-state index in [9.17, 15) is 8.42 Å². The Morgan fingerprint density at radius 2 is 1.85 bits per heavy atom. The molecule has 9 heteroatoms. The monoisotopic (exact) mass is 391 g/mol. The minimum Gasteiger partial charge on any atom is -0.213 e. The molecule has 0 aliphatic carbocycles. The van der Waals surface area contributed by atoms with Gasteiger partial charge < -0.3 is 0 Å². The smallest absolute Gasteiger partial charge is 0.213 e. The molecule has 3 heterocycles. The SMILES string of the molecule is CS(=O)(=O)N1CCC(c2nnc3sc(CCc4ccccc4)nn23)CC1. The van der Waals surface area contributed by atoms with Crippen molar-refractivity contribution in [3.8, 4) is 0 Å². The number of piperidine rings is 1. The molecule has 1 aliphatic heterocycles. The van der Waals surface area contributed by atoms with Gasteiger partial charge in [0.05, 0.1) is 6.26 Å². The van der Waals surface area contributed by atoms with Gasteiger partial charge in [-0.15, -0.1) is 10.2 Å². The van der Waals surface area contributed by atoms with Crippen LogP contribution in [0.2, 0.25) is 0 Å². The van der Waals surface area contributed by atoms with Crippen molar-refractivity contribution in [3.63, 3.8) is 0 Å². The molecule has 0 atom stereocenters. The zero-order valence-corrected chi connectivity index (χ0v) is 16.2. The lowest BCUT2D eigenvalue weighted by Crippen LogP contribution is -2.37. The van der Waals surface area contributed by atoms with Gasteiger partial charge in [-0.05, 0) is 24.8 Å². The second-order valence-corrected chi connectivity index (χ2v) is 9.69. The van der Waals surface area contributed by atoms with Gasteiger partial charge in [0.1, 0.15) is 5.01 Å². The maximum absolute atomic E-state index is 11.7. The number of aromatic nitrogens is 4. The average Bonchev–Trinajstić information content (AvgIpc) is 3.20. The Morgan fingerprint density at radius 3 is 2.54 bits per heavy atom. The number of fused-ring (bicyclic) bond motifs is 1. The minimum atomic E-state index is -3.11. The highest BCUT2D eigenvalue weighted by atomic mass is 32.2. The first-order valence-electron chi connectivity index (χ1n) is 8.71. The fourth-order valence-corrected chi connectivity index (χ4v) is 5.08. The van der Waals surface area contributed by atoms with Crippen LogP contribution in [0.25, 0.3) is 4.96 Å². The Labute approximate surface area is 156 Å². The normalized spacial score (nSPS) is 17.1. The van der Waals surface area contributed by atoms with Crippen molar-refractivity contribution in [1.82, 2.24) is 24.1 Å². The summed E-state index contributed by atoms with van der Waals surface area (Å²) in [5.74, 6) is 1.06. The van der Waals surface area contributed by atoms with Gasteiger partial charge in [-0.2, -0.15) is 9.61 Å². The number of hydrogen-bond donors (Lipinski definition) is 0. The van der Waals surface area contributed by atoms with Gasteiger partial charge in [0, 0.05) is 25.4 Å². The molecule has 0 amide bonds. The zero-order chi connectivity index (χ0) is 18.1. The second kappa shape index (κ2) is 7.05. The summed E-state index contributed by atoms with van der Waals surface area (Å²) in [4.78, 5) is 0.814. The van der Waals surface area contributed by atoms with Gasteiger partial charge in [-0.3, -0.25) is 0 Å². The van der Waals surface area contributed by atoms with E-state index in [4.69, 9.17) is 5.10 Å². The summed E-state index contributed by atoms with van der Waals surface area (Å²) in [6, 6.07) is 10.4. The zero-order valence-electron chi connectivity index (χ0n) is 14.6. The average molecular weight is 392 g/mol. The van der Waals surface area contributed by atoms with Crippen LogP contribution >= 0.6 is 11.3 Å². The van der Waals surface area contributed by atoms with E-state index in [1.165, 1.54) is 16.1 Å². The largest absolute Gasteiger partial charge is 0.234 e. The quantitative estimate of drug-likeness (QED) is 0.665. The van der Waals surface area contributed by atoms with E-state index in [0.29, 0.717) is 13.1 Å². The molecule has 138 valence electrons. The van der Waals surface area contributed by atoms with Crippen molar-refractivity contribution >= 4 is 26.3 Å². The molecular formula is C17H21N5O2S2. The molecule has 3 aromatic rings. The molecule has 0 unspecified atom stereocenters. The summed E-state index contributed by atoms with van der Waals surface area (Å²) < 4.78 is 26.7. The van der Waals surface area contributed by atoms with Crippen LogP contribution in [0.1, 0.15) is 35.2 Å². The van der Waals surface area contributed by atoms with Crippen LogP contribution < -0.4 is 0 Å². The number of aryl methyl sites for hydroxylation is 2. The summed E-state index contributed by atoms with van der Waals surface area (Å²) in [6.07, 6.45) is 4.61. The molecule has 2 aromatic heterocycles. The number of rotatable bonds is 5. The maximum atomic E-state index is 11.7. The van der Waals surface area contributed by atoms with E-state index < -0.39 is 10.0 Å². The molecule has 4 rings (SSSR count). The summed E-state index contributed by atoms with van der Waals surface area (Å²) in [5, 5.41) is 14.4. The summed E-state index contributed by atoms with van der Waals surface area (Å²) in [5.41, 5.74) is 1.30. The third kappa shape index (κ3) is 3.65. The van der Waals surface area contributed by atoms with Gasteiger partial charge in [-0.25, -0.2) is 12.7 Å².